The van der Waals surface area contributed by atoms with Gasteiger partial charge in [0, 0.05) is 31.9 Å². The fourth-order valence-electron chi connectivity index (χ4n) is 3.04. The summed E-state index contributed by atoms with van der Waals surface area (Å²) in [5.41, 5.74) is 1.77. The fraction of sp³-hybridized carbons (Fsp3) is 0.278. The molecule has 1 N–H and O–H groups in total. The van der Waals surface area contributed by atoms with Gasteiger partial charge in [0.1, 0.15) is 11.9 Å². The molecule has 0 unspecified atom stereocenters. The second-order valence-electron chi connectivity index (χ2n) is 5.65. The Labute approximate surface area is 134 Å². The van der Waals surface area contributed by atoms with Crippen LogP contribution in [0.1, 0.15) is 11.6 Å². The van der Waals surface area contributed by atoms with Crippen molar-refractivity contribution >= 4 is 11.7 Å². The third-order valence-corrected chi connectivity index (χ3v) is 4.22. The van der Waals surface area contributed by atoms with E-state index in [1.165, 1.54) is 12.1 Å². The molecule has 2 aromatic rings. The Bertz CT molecular complexity index is 652. The summed E-state index contributed by atoms with van der Waals surface area (Å²) in [5.74, 6) is -1.08. The van der Waals surface area contributed by atoms with Gasteiger partial charge < -0.3 is 10.0 Å². The van der Waals surface area contributed by atoms with Gasteiger partial charge in [-0.05, 0) is 29.8 Å². The van der Waals surface area contributed by atoms with Crippen LogP contribution in [0.3, 0.4) is 0 Å². The minimum absolute atomic E-state index is 0.248. The maximum absolute atomic E-state index is 13.0. The third kappa shape index (κ3) is 3.51. The molecule has 0 aromatic heterocycles. The smallest absolute Gasteiger partial charge is 0.325 e. The standard InChI is InChI=1S/C18H19FN2O2/c19-15-6-8-16(9-7-15)20-10-12-21(13-11-20)17(18(22)23)14-4-2-1-3-5-14/h1-9,17H,10-13H2,(H,22,23)/t17-/m0/s1. The summed E-state index contributed by atoms with van der Waals surface area (Å²) in [6, 6.07) is 15.1. The summed E-state index contributed by atoms with van der Waals surface area (Å²) >= 11 is 0. The largest absolute Gasteiger partial charge is 0.480 e. The number of rotatable bonds is 4. The van der Waals surface area contributed by atoms with Gasteiger partial charge in [-0.3, -0.25) is 9.69 Å². The number of anilines is 1. The van der Waals surface area contributed by atoms with Crippen molar-refractivity contribution < 1.29 is 14.3 Å². The zero-order valence-corrected chi connectivity index (χ0v) is 12.7. The van der Waals surface area contributed by atoms with Crippen LogP contribution in [0.4, 0.5) is 10.1 Å². The van der Waals surface area contributed by atoms with Crippen LogP contribution in [0.25, 0.3) is 0 Å². The first-order valence-corrected chi connectivity index (χ1v) is 7.67. The quantitative estimate of drug-likeness (QED) is 0.942. The SMILES string of the molecule is O=C(O)[C@H](c1ccccc1)N1CCN(c2ccc(F)cc2)CC1. The first-order chi connectivity index (χ1) is 11.1. The molecule has 0 saturated carbocycles. The summed E-state index contributed by atoms with van der Waals surface area (Å²) in [5, 5.41) is 9.60. The van der Waals surface area contributed by atoms with Gasteiger partial charge in [-0.1, -0.05) is 30.3 Å². The van der Waals surface area contributed by atoms with Gasteiger partial charge in [0.2, 0.25) is 0 Å². The van der Waals surface area contributed by atoms with Crippen molar-refractivity contribution in [1.29, 1.82) is 0 Å². The van der Waals surface area contributed by atoms with Gasteiger partial charge in [0.25, 0.3) is 0 Å². The van der Waals surface area contributed by atoms with E-state index < -0.39 is 12.0 Å². The van der Waals surface area contributed by atoms with Gasteiger partial charge in [0.05, 0.1) is 0 Å². The second-order valence-corrected chi connectivity index (χ2v) is 5.65. The highest BCUT2D eigenvalue weighted by molar-refractivity contribution is 5.75. The van der Waals surface area contributed by atoms with Crippen LogP contribution in [0, 0.1) is 5.82 Å². The van der Waals surface area contributed by atoms with Crippen molar-refractivity contribution in [2.75, 3.05) is 31.1 Å². The number of benzene rings is 2. The molecule has 3 rings (SSSR count). The van der Waals surface area contributed by atoms with Gasteiger partial charge in [-0.15, -0.1) is 0 Å². The predicted octanol–water partition coefficient (Wildman–Crippen LogP) is 2.77. The van der Waals surface area contributed by atoms with E-state index in [0.29, 0.717) is 13.1 Å². The fourth-order valence-corrected chi connectivity index (χ4v) is 3.04. The summed E-state index contributed by atoms with van der Waals surface area (Å²) < 4.78 is 13.0. The van der Waals surface area contributed by atoms with E-state index in [4.69, 9.17) is 0 Å². The van der Waals surface area contributed by atoms with E-state index in [9.17, 15) is 14.3 Å². The number of carboxylic acid groups (broad SMARTS) is 1. The van der Waals surface area contributed by atoms with Crippen LogP contribution < -0.4 is 4.90 Å². The zero-order valence-electron chi connectivity index (χ0n) is 12.7. The number of carbonyl (C=O) groups is 1. The summed E-state index contributed by atoms with van der Waals surface area (Å²) in [4.78, 5) is 15.8. The molecule has 0 bridgehead atoms. The maximum Gasteiger partial charge on any atom is 0.325 e. The summed E-state index contributed by atoms with van der Waals surface area (Å²) in [6.07, 6.45) is 0. The normalized spacial score (nSPS) is 17.0. The molecule has 0 radical (unpaired) electrons. The van der Waals surface area contributed by atoms with Crippen LogP contribution in [-0.2, 0) is 4.79 Å². The maximum atomic E-state index is 13.0. The Morgan fingerprint density at radius 2 is 1.57 bits per heavy atom. The Kier molecular flexibility index (Phi) is 4.57. The van der Waals surface area contributed by atoms with Gasteiger partial charge in [0.15, 0.2) is 0 Å². The predicted molar refractivity (Wildman–Crippen MR) is 87.0 cm³/mol. The molecule has 0 aliphatic carbocycles. The molecule has 1 aliphatic heterocycles. The van der Waals surface area contributed by atoms with Crippen molar-refractivity contribution in [2.24, 2.45) is 0 Å². The average molecular weight is 314 g/mol. The van der Waals surface area contributed by atoms with E-state index in [-0.39, 0.29) is 5.82 Å². The highest BCUT2D eigenvalue weighted by Gasteiger charge is 2.30. The molecule has 1 saturated heterocycles. The number of halogens is 1. The first-order valence-electron chi connectivity index (χ1n) is 7.67. The van der Waals surface area contributed by atoms with Crippen molar-refractivity contribution in [3.8, 4) is 0 Å². The Hall–Kier alpha value is -2.40. The number of hydrogen-bond donors (Lipinski definition) is 1. The van der Waals surface area contributed by atoms with E-state index in [1.54, 1.807) is 12.1 Å². The van der Waals surface area contributed by atoms with Crippen LogP contribution in [0.15, 0.2) is 54.6 Å². The Morgan fingerprint density at radius 1 is 0.957 bits per heavy atom. The van der Waals surface area contributed by atoms with E-state index in [1.807, 2.05) is 35.2 Å². The highest BCUT2D eigenvalue weighted by Crippen LogP contribution is 2.24. The highest BCUT2D eigenvalue weighted by atomic mass is 19.1. The number of hydrogen-bond acceptors (Lipinski definition) is 3. The lowest BCUT2D eigenvalue weighted by Crippen LogP contribution is -2.49. The molecule has 5 heteroatoms. The second kappa shape index (κ2) is 6.79. The molecule has 0 spiro atoms. The summed E-state index contributed by atoms with van der Waals surface area (Å²) in [7, 11) is 0. The molecule has 1 heterocycles. The topological polar surface area (TPSA) is 43.8 Å². The number of piperazine rings is 1. The number of nitrogens with zero attached hydrogens (tertiary/aromatic N) is 2. The lowest BCUT2D eigenvalue weighted by molar-refractivity contribution is -0.143. The Morgan fingerprint density at radius 3 is 2.13 bits per heavy atom. The van der Waals surface area contributed by atoms with Crippen molar-refractivity contribution in [1.82, 2.24) is 4.90 Å². The first kappa shape index (κ1) is 15.5. The number of aliphatic carboxylic acids is 1. The van der Waals surface area contributed by atoms with E-state index >= 15 is 0 Å². The summed E-state index contributed by atoms with van der Waals surface area (Å²) in [6.45, 7) is 2.76. The number of carboxylic acids is 1. The molecule has 1 aliphatic rings. The van der Waals surface area contributed by atoms with Crippen molar-refractivity contribution in [2.45, 2.75) is 6.04 Å². The van der Waals surface area contributed by atoms with Crippen molar-refractivity contribution in [3.05, 3.63) is 66.0 Å². The van der Waals surface area contributed by atoms with Crippen LogP contribution >= 0.6 is 0 Å². The van der Waals surface area contributed by atoms with E-state index in [2.05, 4.69) is 4.90 Å². The van der Waals surface area contributed by atoms with Gasteiger partial charge in [-0.2, -0.15) is 0 Å². The molecule has 4 nitrogen and oxygen atoms in total. The average Bonchev–Trinajstić information content (AvgIpc) is 2.57. The molecule has 23 heavy (non-hydrogen) atoms. The molecule has 120 valence electrons. The van der Waals surface area contributed by atoms with E-state index in [0.717, 1.165) is 24.3 Å². The monoisotopic (exact) mass is 314 g/mol. The molecule has 1 fully saturated rings. The minimum atomic E-state index is -0.827. The minimum Gasteiger partial charge on any atom is -0.480 e. The molecular weight excluding hydrogens is 295 g/mol. The Balaban J connectivity index is 1.69. The zero-order chi connectivity index (χ0) is 16.2. The van der Waals surface area contributed by atoms with Crippen LogP contribution in [0.5, 0.6) is 0 Å². The third-order valence-electron chi connectivity index (χ3n) is 4.22. The lowest BCUT2D eigenvalue weighted by atomic mass is 10.0. The molecule has 1 atom stereocenters. The van der Waals surface area contributed by atoms with Crippen LogP contribution in [0.2, 0.25) is 0 Å². The van der Waals surface area contributed by atoms with Crippen molar-refractivity contribution in [3.63, 3.8) is 0 Å². The molecular formula is C18H19FN2O2. The lowest BCUT2D eigenvalue weighted by Gasteiger charge is -2.38. The molecule has 2 aromatic carbocycles. The van der Waals surface area contributed by atoms with Gasteiger partial charge >= 0.3 is 5.97 Å². The molecule has 0 amide bonds. The van der Waals surface area contributed by atoms with Gasteiger partial charge in [-0.25, -0.2) is 4.39 Å². The van der Waals surface area contributed by atoms with Crippen LogP contribution in [-0.4, -0.2) is 42.2 Å².